The quantitative estimate of drug-likeness (QED) is 0.700. The largest absolute Gasteiger partial charge is 0.302 e. The topological polar surface area (TPSA) is 3.24 Å². The highest BCUT2D eigenvalue weighted by molar-refractivity contribution is 5.85. The molecule has 2 heteroatoms. The molecule has 0 aliphatic rings. The molecule has 0 N–H and O–H groups in total. The van der Waals surface area contributed by atoms with Gasteiger partial charge in [-0.1, -0.05) is 37.3 Å². The van der Waals surface area contributed by atoms with Crippen molar-refractivity contribution in [1.82, 2.24) is 4.90 Å². The molecule has 1 rings (SSSR count). The summed E-state index contributed by atoms with van der Waals surface area (Å²) in [5.74, 6) is 0. The lowest BCUT2D eigenvalue weighted by molar-refractivity contribution is 0.346. The molecule has 0 aliphatic heterocycles. The molecule has 0 bridgehead atoms. The Kier molecular flexibility index (Phi) is 5.77. The summed E-state index contributed by atoms with van der Waals surface area (Å²) in [5, 5.41) is 0. The van der Waals surface area contributed by atoms with Crippen LogP contribution in [-0.4, -0.2) is 18.5 Å². The monoisotopic (exact) mass is 185 g/mol. The van der Waals surface area contributed by atoms with Gasteiger partial charge in [0.1, 0.15) is 0 Å². The molecule has 1 aromatic carbocycles. The normalized spacial score (nSPS) is 9.58. The van der Waals surface area contributed by atoms with Crippen LogP contribution in [0.25, 0.3) is 0 Å². The van der Waals surface area contributed by atoms with Crippen molar-refractivity contribution in [2.45, 2.75) is 13.5 Å². The Balaban J connectivity index is 0.00000121. The van der Waals surface area contributed by atoms with E-state index in [0.717, 1.165) is 13.1 Å². The number of hydrogen-bond acceptors (Lipinski definition) is 1. The standard InChI is InChI=1S/C10H15N.ClH/c1-3-11(2)9-10-7-5-4-6-8-10;/h4-8H,3,9H2,1-2H3;1H. The number of halogens is 1. The Bertz CT molecular complexity index is 198. The molecule has 1 nitrogen and oxygen atoms in total. The van der Waals surface area contributed by atoms with Crippen LogP contribution in [0.3, 0.4) is 0 Å². The first-order valence-electron chi connectivity index (χ1n) is 4.05. The Labute approximate surface area is 80.8 Å². The van der Waals surface area contributed by atoms with E-state index in [1.807, 2.05) is 0 Å². The average Bonchev–Trinajstić information content (AvgIpc) is 2.06. The van der Waals surface area contributed by atoms with Crippen molar-refractivity contribution in [3.63, 3.8) is 0 Å². The van der Waals surface area contributed by atoms with Crippen molar-refractivity contribution in [1.29, 1.82) is 0 Å². The van der Waals surface area contributed by atoms with Gasteiger partial charge < -0.3 is 4.90 Å². The van der Waals surface area contributed by atoms with Crippen molar-refractivity contribution in [2.24, 2.45) is 0 Å². The van der Waals surface area contributed by atoms with Crippen LogP contribution in [0.1, 0.15) is 12.5 Å². The highest BCUT2D eigenvalue weighted by atomic mass is 35.5. The van der Waals surface area contributed by atoms with Gasteiger partial charge in [-0.2, -0.15) is 0 Å². The van der Waals surface area contributed by atoms with Crippen LogP contribution in [0, 0.1) is 0 Å². The molecule has 0 spiro atoms. The Morgan fingerprint density at radius 1 is 1.17 bits per heavy atom. The van der Waals surface area contributed by atoms with Gasteiger partial charge in [-0.25, -0.2) is 0 Å². The van der Waals surface area contributed by atoms with Crippen LogP contribution in [0.5, 0.6) is 0 Å². The summed E-state index contributed by atoms with van der Waals surface area (Å²) in [7, 11) is 2.13. The third-order valence-corrected chi connectivity index (χ3v) is 1.84. The second-order valence-corrected chi connectivity index (χ2v) is 2.82. The van der Waals surface area contributed by atoms with Crippen LogP contribution in [-0.2, 0) is 6.54 Å². The second-order valence-electron chi connectivity index (χ2n) is 2.82. The highest BCUT2D eigenvalue weighted by Crippen LogP contribution is 2.01. The summed E-state index contributed by atoms with van der Waals surface area (Å²) in [6, 6.07) is 10.5. The lowest BCUT2D eigenvalue weighted by atomic mass is 10.2. The number of rotatable bonds is 3. The van der Waals surface area contributed by atoms with E-state index < -0.39 is 0 Å². The Morgan fingerprint density at radius 3 is 2.25 bits per heavy atom. The van der Waals surface area contributed by atoms with Crippen LogP contribution in [0.15, 0.2) is 30.3 Å². The van der Waals surface area contributed by atoms with Gasteiger partial charge in [0.2, 0.25) is 0 Å². The molecule has 0 fully saturated rings. The number of hydrogen-bond donors (Lipinski definition) is 0. The third kappa shape index (κ3) is 3.74. The van der Waals surface area contributed by atoms with Gasteiger partial charge in [-0.05, 0) is 19.2 Å². The lowest BCUT2D eigenvalue weighted by Crippen LogP contribution is -2.16. The average molecular weight is 186 g/mol. The van der Waals surface area contributed by atoms with Crippen molar-refractivity contribution in [2.75, 3.05) is 13.6 Å². The predicted octanol–water partition coefficient (Wildman–Crippen LogP) is 2.56. The van der Waals surface area contributed by atoms with E-state index in [9.17, 15) is 0 Å². The number of benzene rings is 1. The maximum absolute atomic E-state index is 2.29. The maximum atomic E-state index is 2.29. The van der Waals surface area contributed by atoms with E-state index in [4.69, 9.17) is 0 Å². The van der Waals surface area contributed by atoms with E-state index in [1.165, 1.54) is 5.56 Å². The molecule has 0 radical (unpaired) electrons. The summed E-state index contributed by atoms with van der Waals surface area (Å²) < 4.78 is 0. The molecule has 12 heavy (non-hydrogen) atoms. The van der Waals surface area contributed by atoms with E-state index >= 15 is 0 Å². The fourth-order valence-corrected chi connectivity index (χ4v) is 1.01. The van der Waals surface area contributed by atoms with Gasteiger partial charge in [0.05, 0.1) is 0 Å². The van der Waals surface area contributed by atoms with E-state index in [-0.39, 0.29) is 12.4 Å². The van der Waals surface area contributed by atoms with Crippen molar-refractivity contribution in [3.8, 4) is 0 Å². The minimum absolute atomic E-state index is 0. The van der Waals surface area contributed by atoms with Crippen LogP contribution in [0.2, 0.25) is 0 Å². The molecule has 0 heterocycles. The molecular formula is C10H16ClN. The molecule has 0 aromatic heterocycles. The van der Waals surface area contributed by atoms with Gasteiger partial charge in [0.15, 0.2) is 0 Å². The molecule has 0 saturated heterocycles. The zero-order valence-corrected chi connectivity index (χ0v) is 8.47. The summed E-state index contributed by atoms with van der Waals surface area (Å²) in [6.45, 7) is 4.33. The van der Waals surface area contributed by atoms with Crippen molar-refractivity contribution >= 4 is 12.4 Å². The van der Waals surface area contributed by atoms with Gasteiger partial charge in [0, 0.05) is 6.54 Å². The molecule has 1 aromatic rings. The van der Waals surface area contributed by atoms with E-state index in [0.29, 0.717) is 0 Å². The van der Waals surface area contributed by atoms with Crippen molar-refractivity contribution < 1.29 is 0 Å². The first-order valence-corrected chi connectivity index (χ1v) is 4.05. The van der Waals surface area contributed by atoms with Crippen molar-refractivity contribution in [3.05, 3.63) is 35.9 Å². The maximum Gasteiger partial charge on any atom is 0.0230 e. The first kappa shape index (κ1) is 11.5. The molecule has 0 atom stereocenters. The summed E-state index contributed by atoms with van der Waals surface area (Å²) >= 11 is 0. The fraction of sp³-hybridized carbons (Fsp3) is 0.400. The summed E-state index contributed by atoms with van der Waals surface area (Å²) in [6.07, 6.45) is 0. The van der Waals surface area contributed by atoms with Crippen LogP contribution in [0.4, 0.5) is 0 Å². The number of nitrogens with zero attached hydrogens (tertiary/aromatic N) is 1. The fourth-order valence-electron chi connectivity index (χ4n) is 1.01. The van der Waals surface area contributed by atoms with Gasteiger partial charge in [0.25, 0.3) is 0 Å². The minimum Gasteiger partial charge on any atom is -0.302 e. The molecule has 0 saturated carbocycles. The Hall–Kier alpha value is -0.530. The predicted molar refractivity (Wildman–Crippen MR) is 55.7 cm³/mol. The SMILES string of the molecule is CCN(C)Cc1ccccc1.Cl. The lowest BCUT2D eigenvalue weighted by Gasteiger charge is -2.12. The van der Waals surface area contributed by atoms with Gasteiger partial charge in [-0.3, -0.25) is 0 Å². The smallest absolute Gasteiger partial charge is 0.0230 e. The minimum atomic E-state index is 0. The summed E-state index contributed by atoms with van der Waals surface area (Å²) in [4.78, 5) is 2.29. The third-order valence-electron chi connectivity index (χ3n) is 1.84. The van der Waals surface area contributed by atoms with E-state index in [1.54, 1.807) is 0 Å². The highest BCUT2D eigenvalue weighted by Gasteiger charge is 1.94. The van der Waals surface area contributed by atoms with Crippen LogP contribution < -0.4 is 0 Å². The van der Waals surface area contributed by atoms with E-state index in [2.05, 4.69) is 49.2 Å². The molecule has 68 valence electrons. The van der Waals surface area contributed by atoms with Gasteiger partial charge >= 0.3 is 0 Å². The second kappa shape index (κ2) is 6.04. The van der Waals surface area contributed by atoms with Gasteiger partial charge in [-0.15, -0.1) is 12.4 Å². The molecule has 0 unspecified atom stereocenters. The zero-order chi connectivity index (χ0) is 8.10. The summed E-state index contributed by atoms with van der Waals surface area (Å²) in [5.41, 5.74) is 1.39. The first-order chi connectivity index (χ1) is 5.33. The Morgan fingerprint density at radius 2 is 1.75 bits per heavy atom. The molecule has 0 amide bonds. The molecular weight excluding hydrogens is 170 g/mol. The zero-order valence-electron chi connectivity index (χ0n) is 7.66. The molecule has 0 aliphatic carbocycles. The van der Waals surface area contributed by atoms with Crippen LogP contribution >= 0.6 is 12.4 Å².